The summed E-state index contributed by atoms with van der Waals surface area (Å²) in [6, 6.07) is 0. The van der Waals surface area contributed by atoms with Gasteiger partial charge in [-0.25, -0.2) is 9.97 Å². The molecule has 5 heteroatoms. The van der Waals surface area contributed by atoms with E-state index in [-0.39, 0.29) is 0 Å². The highest BCUT2D eigenvalue weighted by molar-refractivity contribution is 9.10. The number of hydrogen-bond acceptors (Lipinski definition) is 4. The van der Waals surface area contributed by atoms with Crippen molar-refractivity contribution in [1.82, 2.24) is 14.9 Å². The van der Waals surface area contributed by atoms with Crippen LogP contribution in [-0.2, 0) is 12.8 Å². The van der Waals surface area contributed by atoms with E-state index < -0.39 is 0 Å². The fraction of sp³-hybridized carbons (Fsp3) is 0.636. The minimum atomic E-state index is 0.876. The van der Waals surface area contributed by atoms with Crippen LogP contribution < -0.4 is 5.32 Å². The van der Waals surface area contributed by atoms with Crippen LogP contribution in [0, 0.1) is 0 Å². The minimum Gasteiger partial charge on any atom is -0.372 e. The third-order valence-corrected chi connectivity index (χ3v) is 3.15. The lowest BCUT2D eigenvalue weighted by Crippen LogP contribution is -2.17. The molecule has 1 aromatic heterocycles. The molecule has 4 nitrogen and oxygen atoms in total. The van der Waals surface area contributed by atoms with Gasteiger partial charge in [-0.15, -0.1) is 0 Å². The maximum Gasteiger partial charge on any atom is 0.144 e. The fourth-order valence-corrected chi connectivity index (χ4v) is 2.04. The van der Waals surface area contributed by atoms with Crippen LogP contribution in [0.15, 0.2) is 4.47 Å². The lowest BCUT2D eigenvalue weighted by Gasteiger charge is -2.12. The van der Waals surface area contributed by atoms with Gasteiger partial charge in [-0.3, -0.25) is 0 Å². The Morgan fingerprint density at radius 1 is 1.31 bits per heavy atom. The zero-order valence-electron chi connectivity index (χ0n) is 10.3. The lowest BCUT2D eigenvalue weighted by atomic mass is 10.3. The van der Waals surface area contributed by atoms with E-state index in [0.29, 0.717) is 0 Å². The molecule has 0 aliphatic carbocycles. The molecular formula is C11H19BrN4. The Balaban J connectivity index is 2.93. The first-order valence-corrected chi connectivity index (χ1v) is 6.25. The van der Waals surface area contributed by atoms with Gasteiger partial charge in [-0.1, -0.05) is 6.92 Å². The normalized spacial score (nSPS) is 10.9. The molecule has 0 saturated carbocycles. The van der Waals surface area contributed by atoms with Gasteiger partial charge in [0.05, 0.1) is 10.2 Å². The van der Waals surface area contributed by atoms with E-state index in [9.17, 15) is 0 Å². The van der Waals surface area contributed by atoms with Crippen LogP contribution in [0.4, 0.5) is 5.82 Å². The van der Waals surface area contributed by atoms with Gasteiger partial charge in [0.25, 0.3) is 0 Å². The van der Waals surface area contributed by atoms with Crippen molar-refractivity contribution in [2.45, 2.75) is 19.8 Å². The van der Waals surface area contributed by atoms with Crippen molar-refractivity contribution in [2.75, 3.05) is 33.0 Å². The van der Waals surface area contributed by atoms with Crippen LogP contribution in [0.1, 0.15) is 18.4 Å². The third-order valence-electron chi connectivity index (χ3n) is 2.32. The third kappa shape index (κ3) is 3.42. The van der Waals surface area contributed by atoms with Crippen molar-refractivity contribution >= 4 is 21.7 Å². The maximum absolute atomic E-state index is 4.55. The molecule has 90 valence electrons. The lowest BCUT2D eigenvalue weighted by molar-refractivity contribution is 0.409. The number of halogens is 1. The number of aromatic nitrogens is 2. The van der Waals surface area contributed by atoms with Crippen LogP contribution >= 0.6 is 15.9 Å². The number of anilines is 1. The van der Waals surface area contributed by atoms with E-state index in [0.717, 1.165) is 41.2 Å². The van der Waals surface area contributed by atoms with Gasteiger partial charge in [0.15, 0.2) is 0 Å². The monoisotopic (exact) mass is 286 g/mol. The van der Waals surface area contributed by atoms with E-state index >= 15 is 0 Å². The molecule has 0 bridgehead atoms. The van der Waals surface area contributed by atoms with Crippen molar-refractivity contribution in [1.29, 1.82) is 0 Å². The van der Waals surface area contributed by atoms with Crippen molar-refractivity contribution in [3.8, 4) is 0 Å². The Bertz CT molecular complexity index is 327. The van der Waals surface area contributed by atoms with Crippen molar-refractivity contribution in [3.63, 3.8) is 0 Å². The molecule has 0 aromatic carbocycles. The summed E-state index contributed by atoms with van der Waals surface area (Å²) >= 11 is 3.52. The van der Waals surface area contributed by atoms with E-state index in [1.807, 2.05) is 7.05 Å². The SMILES string of the molecule is CCc1nc(CCN(C)C)nc(NC)c1Br. The Labute approximate surface area is 106 Å². The summed E-state index contributed by atoms with van der Waals surface area (Å²) in [6.07, 6.45) is 1.79. The Morgan fingerprint density at radius 2 is 2.00 bits per heavy atom. The largest absolute Gasteiger partial charge is 0.372 e. The first-order valence-electron chi connectivity index (χ1n) is 5.46. The molecule has 0 spiro atoms. The first-order chi connectivity index (χ1) is 7.58. The van der Waals surface area contributed by atoms with Gasteiger partial charge >= 0.3 is 0 Å². The molecule has 0 atom stereocenters. The smallest absolute Gasteiger partial charge is 0.144 e. The summed E-state index contributed by atoms with van der Waals surface area (Å²) in [5.41, 5.74) is 1.06. The summed E-state index contributed by atoms with van der Waals surface area (Å²) in [7, 11) is 5.99. The number of nitrogens with zero attached hydrogens (tertiary/aromatic N) is 3. The standard InChI is InChI=1S/C11H19BrN4/c1-5-8-10(12)11(13-2)15-9(14-8)6-7-16(3)4/h5-7H2,1-4H3,(H,13,14,15). The van der Waals surface area contributed by atoms with Gasteiger partial charge < -0.3 is 10.2 Å². The fourth-order valence-electron chi connectivity index (χ4n) is 1.38. The van der Waals surface area contributed by atoms with Crippen LogP contribution in [0.2, 0.25) is 0 Å². The molecule has 1 rings (SSSR count). The number of hydrogen-bond donors (Lipinski definition) is 1. The molecule has 0 fully saturated rings. The number of likely N-dealkylation sites (N-methyl/N-ethyl adjacent to an activating group) is 1. The summed E-state index contributed by atoms with van der Waals surface area (Å²) < 4.78 is 0.978. The molecule has 16 heavy (non-hydrogen) atoms. The molecule has 0 amide bonds. The molecule has 1 heterocycles. The summed E-state index contributed by atoms with van der Waals surface area (Å²) in [6.45, 7) is 3.07. The Morgan fingerprint density at radius 3 is 2.50 bits per heavy atom. The zero-order chi connectivity index (χ0) is 12.1. The van der Waals surface area contributed by atoms with Crippen LogP contribution in [0.25, 0.3) is 0 Å². The molecular weight excluding hydrogens is 268 g/mol. The first kappa shape index (κ1) is 13.4. The number of nitrogens with one attached hydrogen (secondary N) is 1. The van der Waals surface area contributed by atoms with Gasteiger partial charge in [-0.2, -0.15) is 0 Å². The highest BCUT2D eigenvalue weighted by Gasteiger charge is 2.09. The molecule has 0 radical (unpaired) electrons. The Hall–Kier alpha value is -0.680. The highest BCUT2D eigenvalue weighted by atomic mass is 79.9. The molecule has 1 aromatic rings. The average molecular weight is 287 g/mol. The minimum absolute atomic E-state index is 0.876. The zero-order valence-corrected chi connectivity index (χ0v) is 11.9. The topological polar surface area (TPSA) is 41.1 Å². The number of rotatable bonds is 5. The van der Waals surface area contributed by atoms with Gasteiger partial charge in [0.1, 0.15) is 11.6 Å². The van der Waals surface area contributed by atoms with E-state index in [1.165, 1.54) is 0 Å². The Kier molecular flexibility index (Phi) is 5.15. The molecule has 0 aliphatic rings. The van der Waals surface area contributed by atoms with Crippen LogP contribution in [0.3, 0.4) is 0 Å². The van der Waals surface area contributed by atoms with Gasteiger partial charge in [0.2, 0.25) is 0 Å². The predicted octanol–water partition coefficient (Wildman–Crippen LogP) is 1.95. The molecule has 0 unspecified atom stereocenters. The second-order valence-corrected chi connectivity index (χ2v) is 4.70. The summed E-state index contributed by atoms with van der Waals surface area (Å²) in [5.74, 6) is 1.78. The second-order valence-electron chi connectivity index (χ2n) is 3.91. The van der Waals surface area contributed by atoms with E-state index in [1.54, 1.807) is 0 Å². The molecule has 0 saturated heterocycles. The van der Waals surface area contributed by atoms with Gasteiger partial charge in [0, 0.05) is 20.0 Å². The molecule has 1 N–H and O–H groups in total. The maximum atomic E-state index is 4.55. The predicted molar refractivity (Wildman–Crippen MR) is 70.9 cm³/mol. The quantitative estimate of drug-likeness (QED) is 0.898. The van der Waals surface area contributed by atoms with Crippen molar-refractivity contribution in [2.24, 2.45) is 0 Å². The van der Waals surface area contributed by atoms with E-state index in [4.69, 9.17) is 0 Å². The average Bonchev–Trinajstić information content (AvgIpc) is 2.27. The molecule has 0 aliphatic heterocycles. The van der Waals surface area contributed by atoms with Crippen molar-refractivity contribution in [3.05, 3.63) is 16.0 Å². The van der Waals surface area contributed by atoms with E-state index in [2.05, 4.69) is 57.1 Å². The second kappa shape index (κ2) is 6.15. The van der Waals surface area contributed by atoms with Crippen molar-refractivity contribution < 1.29 is 0 Å². The highest BCUT2D eigenvalue weighted by Crippen LogP contribution is 2.23. The number of aryl methyl sites for hydroxylation is 1. The van der Waals surface area contributed by atoms with Crippen LogP contribution in [-0.4, -0.2) is 42.6 Å². The van der Waals surface area contributed by atoms with Crippen LogP contribution in [0.5, 0.6) is 0 Å². The van der Waals surface area contributed by atoms with Gasteiger partial charge in [-0.05, 0) is 36.4 Å². The summed E-state index contributed by atoms with van der Waals surface area (Å²) in [4.78, 5) is 11.2. The summed E-state index contributed by atoms with van der Waals surface area (Å²) in [5, 5.41) is 3.09.